The van der Waals surface area contributed by atoms with E-state index < -0.39 is 6.09 Å². The SMILES string of the molecule is NC1CCN([C@@H]2Cc3ccccc3[C@H]2Oc2ccc(NC(=O)OCc3ccccc3)cc2)C1. The Kier molecular flexibility index (Phi) is 6.28. The zero-order valence-electron chi connectivity index (χ0n) is 18.5. The van der Waals surface area contributed by atoms with Gasteiger partial charge in [0.2, 0.25) is 0 Å². The molecule has 0 spiro atoms. The average Bonchev–Trinajstić information content (AvgIpc) is 3.43. The number of carbonyl (C=O) groups excluding carboxylic acids is 1. The largest absolute Gasteiger partial charge is 0.484 e. The van der Waals surface area contributed by atoms with Crippen molar-refractivity contribution in [2.24, 2.45) is 5.73 Å². The topological polar surface area (TPSA) is 76.8 Å². The van der Waals surface area contributed by atoms with Crippen molar-refractivity contribution < 1.29 is 14.3 Å². The van der Waals surface area contributed by atoms with Gasteiger partial charge in [-0.05, 0) is 53.8 Å². The molecule has 170 valence electrons. The molecule has 6 nitrogen and oxygen atoms in total. The molecule has 0 bridgehead atoms. The second kappa shape index (κ2) is 9.65. The van der Waals surface area contributed by atoms with Gasteiger partial charge in [0.15, 0.2) is 0 Å². The van der Waals surface area contributed by atoms with Crippen molar-refractivity contribution in [3.8, 4) is 5.75 Å². The predicted octanol–water partition coefficient (Wildman–Crippen LogP) is 4.51. The number of anilines is 1. The van der Waals surface area contributed by atoms with E-state index in [1.165, 1.54) is 11.1 Å². The normalized spacial score (nSPS) is 22.0. The number of likely N-dealkylation sites (tertiary alicyclic amines) is 1. The number of fused-ring (bicyclic) bond motifs is 1. The summed E-state index contributed by atoms with van der Waals surface area (Å²) in [5, 5.41) is 2.77. The highest BCUT2D eigenvalue weighted by Crippen LogP contribution is 2.39. The van der Waals surface area contributed by atoms with Gasteiger partial charge < -0.3 is 15.2 Å². The molecule has 0 saturated carbocycles. The van der Waals surface area contributed by atoms with E-state index in [4.69, 9.17) is 15.2 Å². The van der Waals surface area contributed by atoms with E-state index in [1.807, 2.05) is 54.6 Å². The molecule has 33 heavy (non-hydrogen) atoms. The van der Waals surface area contributed by atoms with E-state index in [-0.39, 0.29) is 24.8 Å². The number of benzene rings is 3. The van der Waals surface area contributed by atoms with Crippen LogP contribution in [0.25, 0.3) is 0 Å². The van der Waals surface area contributed by atoms with E-state index >= 15 is 0 Å². The Balaban J connectivity index is 1.22. The number of hydrogen-bond donors (Lipinski definition) is 2. The van der Waals surface area contributed by atoms with Crippen molar-refractivity contribution in [3.63, 3.8) is 0 Å². The summed E-state index contributed by atoms with van der Waals surface area (Å²) in [5.74, 6) is 0.772. The molecule has 2 aliphatic rings. The monoisotopic (exact) mass is 443 g/mol. The zero-order valence-corrected chi connectivity index (χ0v) is 18.5. The molecule has 1 unspecified atom stereocenters. The molecule has 1 saturated heterocycles. The van der Waals surface area contributed by atoms with Crippen LogP contribution < -0.4 is 15.8 Å². The summed E-state index contributed by atoms with van der Waals surface area (Å²) >= 11 is 0. The number of nitrogens with zero attached hydrogens (tertiary/aromatic N) is 1. The number of amides is 1. The molecule has 0 aromatic heterocycles. The van der Waals surface area contributed by atoms with Crippen molar-refractivity contribution >= 4 is 11.8 Å². The lowest BCUT2D eigenvalue weighted by Gasteiger charge is -2.30. The molecule has 1 heterocycles. The third-order valence-corrected chi connectivity index (χ3v) is 6.44. The number of rotatable bonds is 6. The highest BCUT2D eigenvalue weighted by molar-refractivity contribution is 5.84. The minimum Gasteiger partial charge on any atom is -0.484 e. The van der Waals surface area contributed by atoms with Gasteiger partial charge in [0, 0.05) is 24.8 Å². The lowest BCUT2D eigenvalue weighted by atomic mass is 10.1. The molecule has 1 aliphatic carbocycles. The van der Waals surface area contributed by atoms with E-state index in [2.05, 4.69) is 34.5 Å². The van der Waals surface area contributed by atoms with E-state index in [1.54, 1.807) is 0 Å². The standard InChI is InChI=1S/C27H29N3O3/c28-21-14-15-30(17-21)25-16-20-8-4-5-9-24(20)26(25)33-23-12-10-22(11-13-23)29-27(31)32-18-19-6-2-1-3-7-19/h1-13,21,25-26H,14-18,28H2,(H,29,31)/t21?,25-,26-/m1/s1. The molecule has 1 aliphatic heterocycles. The first kappa shape index (κ1) is 21.5. The fourth-order valence-corrected chi connectivity index (χ4v) is 4.76. The molecule has 6 heteroatoms. The molecule has 3 aromatic carbocycles. The molecule has 1 amide bonds. The summed E-state index contributed by atoms with van der Waals surface area (Å²) in [6.45, 7) is 2.15. The number of hydrogen-bond acceptors (Lipinski definition) is 5. The van der Waals surface area contributed by atoms with Crippen LogP contribution >= 0.6 is 0 Å². The lowest BCUT2D eigenvalue weighted by molar-refractivity contribution is 0.0933. The van der Waals surface area contributed by atoms with E-state index in [9.17, 15) is 4.79 Å². The highest BCUT2D eigenvalue weighted by Gasteiger charge is 2.40. The molecule has 3 aromatic rings. The van der Waals surface area contributed by atoms with Gasteiger partial charge in [-0.15, -0.1) is 0 Å². The summed E-state index contributed by atoms with van der Waals surface area (Å²) in [7, 11) is 0. The van der Waals surface area contributed by atoms with Gasteiger partial charge in [-0.3, -0.25) is 10.2 Å². The van der Waals surface area contributed by atoms with Crippen LogP contribution in [-0.4, -0.2) is 36.2 Å². The van der Waals surface area contributed by atoms with Crippen molar-refractivity contribution in [3.05, 3.63) is 95.6 Å². The van der Waals surface area contributed by atoms with Crippen LogP contribution in [0.15, 0.2) is 78.9 Å². The number of carbonyl (C=O) groups is 1. The number of nitrogens with two attached hydrogens (primary N) is 1. The van der Waals surface area contributed by atoms with Crippen molar-refractivity contribution in [1.82, 2.24) is 4.90 Å². The third kappa shape index (κ3) is 5.02. The second-order valence-corrected chi connectivity index (χ2v) is 8.76. The Labute approximate surface area is 194 Å². The van der Waals surface area contributed by atoms with Gasteiger partial charge in [0.05, 0.1) is 6.04 Å². The minimum absolute atomic E-state index is 0.0406. The summed E-state index contributed by atoms with van der Waals surface area (Å²) in [4.78, 5) is 14.6. The first-order valence-electron chi connectivity index (χ1n) is 11.5. The molecule has 5 rings (SSSR count). The summed E-state index contributed by atoms with van der Waals surface area (Å²) < 4.78 is 11.8. The Morgan fingerprint density at radius 3 is 2.52 bits per heavy atom. The van der Waals surface area contributed by atoms with Gasteiger partial charge in [-0.1, -0.05) is 54.6 Å². The fraction of sp³-hybridized carbons (Fsp3) is 0.296. The van der Waals surface area contributed by atoms with Gasteiger partial charge in [-0.25, -0.2) is 4.79 Å². The van der Waals surface area contributed by atoms with Crippen molar-refractivity contribution in [2.45, 2.75) is 37.6 Å². The van der Waals surface area contributed by atoms with Gasteiger partial charge in [0.25, 0.3) is 0 Å². The number of ether oxygens (including phenoxy) is 2. The highest BCUT2D eigenvalue weighted by atomic mass is 16.5. The lowest BCUT2D eigenvalue weighted by Crippen LogP contribution is -2.40. The molecule has 3 N–H and O–H groups in total. The van der Waals surface area contributed by atoms with Gasteiger partial charge >= 0.3 is 6.09 Å². The maximum absolute atomic E-state index is 12.1. The molecule has 1 fully saturated rings. The predicted molar refractivity (Wildman–Crippen MR) is 128 cm³/mol. The Morgan fingerprint density at radius 2 is 1.76 bits per heavy atom. The number of nitrogens with one attached hydrogen (secondary N) is 1. The van der Waals surface area contributed by atoms with E-state index in [0.717, 1.165) is 37.2 Å². The third-order valence-electron chi connectivity index (χ3n) is 6.44. The van der Waals surface area contributed by atoms with Gasteiger partial charge in [0.1, 0.15) is 18.5 Å². The van der Waals surface area contributed by atoms with Crippen LogP contribution in [0.3, 0.4) is 0 Å². The smallest absolute Gasteiger partial charge is 0.411 e. The summed E-state index contributed by atoms with van der Waals surface area (Å²) in [6, 6.07) is 26.1. The molecule has 3 atom stereocenters. The van der Waals surface area contributed by atoms with Crippen LogP contribution in [0.5, 0.6) is 5.75 Å². The van der Waals surface area contributed by atoms with Crippen molar-refractivity contribution in [1.29, 1.82) is 0 Å². The molecule has 0 radical (unpaired) electrons. The zero-order chi connectivity index (χ0) is 22.6. The van der Waals surface area contributed by atoms with E-state index in [0.29, 0.717) is 5.69 Å². The fourth-order valence-electron chi connectivity index (χ4n) is 4.76. The minimum atomic E-state index is -0.484. The first-order chi connectivity index (χ1) is 16.2. The Hall–Kier alpha value is -3.35. The molecular formula is C27H29N3O3. The molecular weight excluding hydrogens is 414 g/mol. The van der Waals surface area contributed by atoms with Crippen LogP contribution in [0, 0.1) is 0 Å². The average molecular weight is 444 g/mol. The second-order valence-electron chi connectivity index (χ2n) is 8.76. The first-order valence-corrected chi connectivity index (χ1v) is 11.5. The summed E-state index contributed by atoms with van der Waals surface area (Å²) in [6.07, 6.45) is 1.48. The van der Waals surface area contributed by atoms with Crippen LogP contribution in [0.4, 0.5) is 10.5 Å². The Morgan fingerprint density at radius 1 is 1.00 bits per heavy atom. The Bertz CT molecular complexity index is 1090. The summed E-state index contributed by atoms with van der Waals surface area (Å²) in [5.41, 5.74) is 10.4. The quantitative estimate of drug-likeness (QED) is 0.586. The van der Waals surface area contributed by atoms with Crippen LogP contribution in [0.1, 0.15) is 29.2 Å². The maximum atomic E-state index is 12.1. The maximum Gasteiger partial charge on any atom is 0.411 e. The van der Waals surface area contributed by atoms with Gasteiger partial charge in [-0.2, -0.15) is 0 Å². The van der Waals surface area contributed by atoms with Crippen LogP contribution in [0.2, 0.25) is 0 Å². The van der Waals surface area contributed by atoms with Crippen LogP contribution in [-0.2, 0) is 17.8 Å². The van der Waals surface area contributed by atoms with Crippen molar-refractivity contribution in [2.75, 3.05) is 18.4 Å².